The highest BCUT2D eigenvalue weighted by Gasteiger charge is 2.35. The van der Waals surface area contributed by atoms with Crippen LogP contribution in [0.1, 0.15) is 37.2 Å². The molecule has 1 aromatic carbocycles. The van der Waals surface area contributed by atoms with Gasteiger partial charge in [-0.3, -0.25) is 29.5 Å². The number of H-pyrrole nitrogens is 1. The lowest BCUT2D eigenvalue weighted by molar-refractivity contribution is -0.384. The zero-order chi connectivity index (χ0) is 21.3. The summed E-state index contributed by atoms with van der Waals surface area (Å²) in [5, 5.41) is 16.1. The van der Waals surface area contributed by atoms with Gasteiger partial charge in [-0.25, -0.2) is 0 Å². The summed E-state index contributed by atoms with van der Waals surface area (Å²) < 4.78 is 0. The second kappa shape index (κ2) is 7.93. The molecule has 2 amide bonds. The predicted octanol–water partition coefficient (Wildman–Crippen LogP) is 1.73. The first-order valence-electron chi connectivity index (χ1n) is 9.66. The van der Waals surface area contributed by atoms with Crippen LogP contribution >= 0.6 is 0 Å². The lowest BCUT2D eigenvalue weighted by atomic mass is 9.92. The van der Waals surface area contributed by atoms with Gasteiger partial charge in [0.25, 0.3) is 11.2 Å². The summed E-state index contributed by atoms with van der Waals surface area (Å²) in [6.07, 6.45) is 2.87. The molecule has 30 heavy (non-hydrogen) atoms. The number of anilines is 3. The molecular weight excluding hydrogens is 392 g/mol. The number of carbonyl (C=O) groups excluding carboxylic acids is 2. The van der Waals surface area contributed by atoms with Crippen LogP contribution in [-0.4, -0.2) is 39.8 Å². The zero-order valence-electron chi connectivity index (χ0n) is 16.0. The molecule has 3 heterocycles. The average molecular weight is 412 g/mol. The molecule has 1 fully saturated rings. The lowest BCUT2D eigenvalue weighted by Crippen LogP contribution is -2.38. The summed E-state index contributed by atoms with van der Waals surface area (Å²) in [6.45, 7) is 1.51. The van der Waals surface area contributed by atoms with Gasteiger partial charge in [-0.15, -0.1) is 0 Å². The van der Waals surface area contributed by atoms with Crippen LogP contribution in [0.15, 0.2) is 29.1 Å². The predicted molar refractivity (Wildman–Crippen MR) is 109 cm³/mol. The van der Waals surface area contributed by atoms with Crippen LogP contribution < -0.4 is 21.1 Å². The van der Waals surface area contributed by atoms with Gasteiger partial charge in [0, 0.05) is 37.3 Å². The fourth-order valence-electron chi connectivity index (χ4n) is 3.77. The molecule has 1 unspecified atom stereocenters. The van der Waals surface area contributed by atoms with E-state index in [1.165, 1.54) is 24.3 Å². The standard InChI is InChI=1S/C19H20N6O5/c26-14-10-13(17(27)20-11-5-4-6-12(9-11)25(29)30)15-16(21-14)22-19(23-18(15)28)24-7-2-1-3-8-24/h4-6,9,13H,1-3,7-8,10H2,(H,20,27)(H2,21,22,23,26,28). The highest BCUT2D eigenvalue weighted by atomic mass is 16.6. The molecule has 2 aliphatic rings. The third kappa shape index (κ3) is 3.86. The smallest absolute Gasteiger partial charge is 0.271 e. The molecule has 11 heteroatoms. The van der Waals surface area contributed by atoms with Gasteiger partial charge in [0.15, 0.2) is 0 Å². The fraction of sp³-hybridized carbons (Fsp3) is 0.368. The van der Waals surface area contributed by atoms with E-state index in [0.29, 0.717) is 5.95 Å². The van der Waals surface area contributed by atoms with Gasteiger partial charge in [0.05, 0.1) is 16.4 Å². The Kier molecular flexibility index (Phi) is 5.17. The number of amides is 2. The number of nitro groups is 1. The number of rotatable bonds is 4. The van der Waals surface area contributed by atoms with Crippen molar-refractivity contribution in [3.63, 3.8) is 0 Å². The van der Waals surface area contributed by atoms with E-state index in [1.54, 1.807) is 0 Å². The molecule has 1 aromatic heterocycles. The van der Waals surface area contributed by atoms with Gasteiger partial charge < -0.3 is 15.5 Å². The fourth-order valence-corrected chi connectivity index (χ4v) is 3.77. The van der Waals surface area contributed by atoms with Gasteiger partial charge in [0.2, 0.25) is 17.8 Å². The maximum absolute atomic E-state index is 12.8. The first-order valence-corrected chi connectivity index (χ1v) is 9.66. The van der Waals surface area contributed by atoms with Crippen LogP contribution in [-0.2, 0) is 9.59 Å². The van der Waals surface area contributed by atoms with Crippen molar-refractivity contribution in [1.82, 2.24) is 9.97 Å². The number of nitro benzene ring substituents is 1. The summed E-state index contributed by atoms with van der Waals surface area (Å²) >= 11 is 0. The third-order valence-corrected chi connectivity index (χ3v) is 5.24. The van der Waals surface area contributed by atoms with Crippen molar-refractivity contribution < 1.29 is 14.5 Å². The second-order valence-corrected chi connectivity index (χ2v) is 7.30. The lowest BCUT2D eigenvalue weighted by Gasteiger charge is -2.29. The Labute approximate surface area is 170 Å². The number of nitrogens with zero attached hydrogens (tertiary/aromatic N) is 3. The Morgan fingerprint density at radius 3 is 2.73 bits per heavy atom. The quantitative estimate of drug-likeness (QED) is 0.511. The number of fused-ring (bicyclic) bond motifs is 1. The van der Waals surface area contributed by atoms with Gasteiger partial charge in [-0.1, -0.05) is 6.07 Å². The number of nitrogens with one attached hydrogen (secondary N) is 3. The normalized spacial score (nSPS) is 18.3. The molecule has 2 aliphatic heterocycles. The first-order chi connectivity index (χ1) is 14.4. The third-order valence-electron chi connectivity index (χ3n) is 5.24. The van der Waals surface area contributed by atoms with Crippen LogP contribution in [0.25, 0.3) is 0 Å². The number of aromatic nitrogens is 2. The summed E-state index contributed by atoms with van der Waals surface area (Å²) in [7, 11) is 0. The molecule has 1 atom stereocenters. The van der Waals surface area contributed by atoms with Crippen molar-refractivity contribution >= 4 is 35.0 Å². The molecule has 0 spiro atoms. The van der Waals surface area contributed by atoms with Crippen molar-refractivity contribution in [1.29, 1.82) is 0 Å². The summed E-state index contributed by atoms with van der Waals surface area (Å²) in [4.78, 5) is 57.3. The number of carbonyl (C=O) groups is 2. The Hall–Kier alpha value is -3.76. The minimum Gasteiger partial charge on any atom is -0.342 e. The molecule has 11 nitrogen and oxygen atoms in total. The Morgan fingerprint density at radius 2 is 2.00 bits per heavy atom. The molecule has 1 saturated heterocycles. The minimum atomic E-state index is -1.06. The van der Waals surface area contributed by atoms with Crippen LogP contribution in [0.5, 0.6) is 0 Å². The van der Waals surface area contributed by atoms with Crippen molar-refractivity contribution in [2.24, 2.45) is 0 Å². The van der Waals surface area contributed by atoms with Crippen molar-refractivity contribution in [2.45, 2.75) is 31.6 Å². The molecule has 0 saturated carbocycles. The Morgan fingerprint density at radius 1 is 1.23 bits per heavy atom. The summed E-state index contributed by atoms with van der Waals surface area (Å²) in [5.74, 6) is -1.64. The number of piperidine rings is 1. The van der Waals surface area contributed by atoms with Gasteiger partial charge in [-0.05, 0) is 25.3 Å². The van der Waals surface area contributed by atoms with E-state index in [0.717, 1.165) is 32.4 Å². The van der Waals surface area contributed by atoms with E-state index in [9.17, 15) is 24.5 Å². The van der Waals surface area contributed by atoms with E-state index >= 15 is 0 Å². The molecule has 3 N–H and O–H groups in total. The highest BCUT2D eigenvalue weighted by molar-refractivity contribution is 6.04. The van der Waals surface area contributed by atoms with E-state index in [1.807, 2.05) is 4.90 Å². The van der Waals surface area contributed by atoms with Crippen molar-refractivity contribution in [3.05, 3.63) is 50.3 Å². The maximum atomic E-state index is 12.8. The Bertz CT molecular complexity index is 1080. The number of benzene rings is 1. The summed E-state index contributed by atoms with van der Waals surface area (Å²) in [6, 6.07) is 5.45. The molecule has 0 aliphatic carbocycles. The topological polar surface area (TPSA) is 150 Å². The Balaban J connectivity index is 1.63. The second-order valence-electron chi connectivity index (χ2n) is 7.30. The highest BCUT2D eigenvalue weighted by Crippen LogP contribution is 2.31. The zero-order valence-corrected chi connectivity index (χ0v) is 16.0. The van der Waals surface area contributed by atoms with Crippen LogP contribution in [0.2, 0.25) is 0 Å². The molecule has 4 rings (SSSR count). The van der Waals surface area contributed by atoms with E-state index in [-0.39, 0.29) is 29.2 Å². The maximum Gasteiger partial charge on any atom is 0.271 e. The van der Waals surface area contributed by atoms with E-state index in [2.05, 4.69) is 20.6 Å². The van der Waals surface area contributed by atoms with Crippen LogP contribution in [0.3, 0.4) is 0 Å². The monoisotopic (exact) mass is 412 g/mol. The van der Waals surface area contributed by atoms with Crippen molar-refractivity contribution in [3.8, 4) is 0 Å². The molecule has 0 bridgehead atoms. The minimum absolute atomic E-state index is 0.0785. The van der Waals surface area contributed by atoms with E-state index in [4.69, 9.17) is 0 Å². The average Bonchev–Trinajstić information content (AvgIpc) is 2.73. The summed E-state index contributed by atoms with van der Waals surface area (Å²) in [5.41, 5.74) is -0.380. The molecule has 156 valence electrons. The van der Waals surface area contributed by atoms with Gasteiger partial charge >= 0.3 is 0 Å². The number of hydrogen-bond acceptors (Lipinski definition) is 7. The largest absolute Gasteiger partial charge is 0.342 e. The number of aromatic amines is 1. The van der Waals surface area contributed by atoms with Crippen LogP contribution in [0, 0.1) is 10.1 Å². The van der Waals surface area contributed by atoms with Crippen LogP contribution in [0.4, 0.5) is 23.1 Å². The first kappa shape index (κ1) is 19.6. The number of non-ortho nitro benzene ring substituents is 1. The SMILES string of the molecule is O=C1CC(C(=O)Nc2cccc([N+](=O)[O-])c2)c2c(nc(N3CCCCC3)[nH]c2=O)N1. The number of hydrogen-bond donors (Lipinski definition) is 3. The van der Waals surface area contributed by atoms with Gasteiger partial charge in [0.1, 0.15) is 5.82 Å². The van der Waals surface area contributed by atoms with Crippen molar-refractivity contribution in [2.75, 3.05) is 28.6 Å². The molecule has 0 radical (unpaired) electrons. The van der Waals surface area contributed by atoms with E-state index < -0.39 is 28.2 Å². The molecule has 2 aromatic rings. The van der Waals surface area contributed by atoms with Gasteiger partial charge in [-0.2, -0.15) is 4.98 Å². The molecular formula is C19H20N6O5.